The highest BCUT2D eigenvalue weighted by molar-refractivity contribution is 6.02. The molecule has 0 bridgehead atoms. The standard InChI is InChI=1S/C15H22O5/c1-14(2,3)8-6-7-9-15(10-11-16,12(17)19-4)13(18)20-5/h7-8,11H,9-10H2,1-5H3. The van der Waals surface area contributed by atoms with Crippen molar-refractivity contribution in [1.82, 2.24) is 0 Å². The summed E-state index contributed by atoms with van der Waals surface area (Å²) in [5.41, 5.74) is 1.21. The second-order valence-electron chi connectivity index (χ2n) is 5.52. The summed E-state index contributed by atoms with van der Waals surface area (Å²) in [6, 6.07) is 0. The zero-order valence-electron chi connectivity index (χ0n) is 12.7. The minimum absolute atomic E-state index is 0.00231. The average molecular weight is 282 g/mol. The molecule has 0 unspecified atom stereocenters. The van der Waals surface area contributed by atoms with Gasteiger partial charge in [0.2, 0.25) is 0 Å². The zero-order chi connectivity index (χ0) is 15.8. The van der Waals surface area contributed by atoms with Gasteiger partial charge in [-0.2, -0.15) is 0 Å². The number of aldehydes is 1. The van der Waals surface area contributed by atoms with Crippen LogP contribution in [0.4, 0.5) is 0 Å². The van der Waals surface area contributed by atoms with E-state index in [2.05, 4.69) is 15.2 Å². The molecule has 0 aromatic heterocycles. The SMILES string of the molecule is COC(=O)C(CC=O)(CC=C=CC(C)(C)C)C(=O)OC. The Morgan fingerprint density at radius 1 is 1.05 bits per heavy atom. The monoisotopic (exact) mass is 282 g/mol. The lowest BCUT2D eigenvalue weighted by atomic mass is 9.81. The predicted molar refractivity (Wildman–Crippen MR) is 73.9 cm³/mol. The maximum atomic E-state index is 11.9. The van der Waals surface area contributed by atoms with Crippen LogP contribution in [0.1, 0.15) is 33.6 Å². The van der Waals surface area contributed by atoms with Crippen LogP contribution >= 0.6 is 0 Å². The molecule has 5 nitrogen and oxygen atoms in total. The van der Waals surface area contributed by atoms with Crippen molar-refractivity contribution in [3.05, 3.63) is 17.9 Å². The van der Waals surface area contributed by atoms with Gasteiger partial charge in [-0.05, 0) is 17.6 Å². The molecule has 0 saturated carbocycles. The quantitative estimate of drug-likeness (QED) is 0.323. The van der Waals surface area contributed by atoms with Gasteiger partial charge in [0.15, 0.2) is 5.41 Å². The van der Waals surface area contributed by atoms with Gasteiger partial charge in [-0.3, -0.25) is 9.59 Å². The molecule has 0 spiro atoms. The highest BCUT2D eigenvalue weighted by Crippen LogP contribution is 2.30. The molecular formula is C15H22O5. The fourth-order valence-corrected chi connectivity index (χ4v) is 1.58. The van der Waals surface area contributed by atoms with E-state index in [1.807, 2.05) is 26.8 Å². The Labute approximate surface area is 119 Å². The number of rotatable bonds is 6. The molecule has 0 aromatic carbocycles. The Balaban J connectivity index is 5.41. The van der Waals surface area contributed by atoms with E-state index < -0.39 is 17.4 Å². The molecule has 0 fully saturated rings. The second-order valence-corrected chi connectivity index (χ2v) is 5.52. The van der Waals surface area contributed by atoms with Gasteiger partial charge in [0.05, 0.1) is 14.2 Å². The summed E-state index contributed by atoms with van der Waals surface area (Å²) >= 11 is 0. The lowest BCUT2D eigenvalue weighted by Crippen LogP contribution is -2.41. The first-order valence-electron chi connectivity index (χ1n) is 6.26. The molecule has 0 atom stereocenters. The number of ether oxygens (including phenoxy) is 2. The molecule has 0 saturated heterocycles. The summed E-state index contributed by atoms with van der Waals surface area (Å²) < 4.78 is 9.27. The number of carbonyl (C=O) groups excluding carboxylic acids is 3. The van der Waals surface area contributed by atoms with Gasteiger partial charge >= 0.3 is 11.9 Å². The van der Waals surface area contributed by atoms with E-state index in [4.69, 9.17) is 0 Å². The van der Waals surface area contributed by atoms with Crippen molar-refractivity contribution in [3.8, 4) is 0 Å². The van der Waals surface area contributed by atoms with Crippen LogP contribution in [0.2, 0.25) is 0 Å². The molecule has 0 heterocycles. The van der Waals surface area contributed by atoms with E-state index in [0.717, 1.165) is 0 Å². The lowest BCUT2D eigenvalue weighted by molar-refractivity contribution is -0.170. The summed E-state index contributed by atoms with van der Waals surface area (Å²) in [5.74, 6) is -1.57. The van der Waals surface area contributed by atoms with E-state index in [1.54, 1.807) is 6.08 Å². The normalized spacial score (nSPS) is 11.1. The first kappa shape index (κ1) is 18.1. The third kappa shape index (κ3) is 5.02. The van der Waals surface area contributed by atoms with Crippen LogP contribution in [0.15, 0.2) is 17.9 Å². The van der Waals surface area contributed by atoms with Gasteiger partial charge in [0.25, 0.3) is 0 Å². The zero-order valence-corrected chi connectivity index (χ0v) is 12.7. The van der Waals surface area contributed by atoms with Crippen molar-refractivity contribution in [2.45, 2.75) is 33.6 Å². The topological polar surface area (TPSA) is 69.7 Å². The molecule has 0 aliphatic heterocycles. The highest BCUT2D eigenvalue weighted by Gasteiger charge is 2.47. The van der Waals surface area contributed by atoms with Gasteiger partial charge in [-0.1, -0.05) is 20.8 Å². The molecule has 0 radical (unpaired) electrons. The van der Waals surface area contributed by atoms with Crippen molar-refractivity contribution in [2.24, 2.45) is 10.8 Å². The molecule has 112 valence electrons. The Bertz CT molecular complexity index is 406. The Hall–Kier alpha value is -1.87. The summed E-state index contributed by atoms with van der Waals surface area (Å²) in [7, 11) is 2.33. The summed E-state index contributed by atoms with van der Waals surface area (Å²) in [4.78, 5) is 34.5. The van der Waals surface area contributed by atoms with Crippen molar-refractivity contribution >= 4 is 18.2 Å². The van der Waals surface area contributed by atoms with Gasteiger partial charge in [-0.15, -0.1) is 5.73 Å². The van der Waals surface area contributed by atoms with E-state index in [1.165, 1.54) is 14.2 Å². The van der Waals surface area contributed by atoms with E-state index in [9.17, 15) is 14.4 Å². The maximum absolute atomic E-state index is 11.9. The Kier molecular flexibility index (Phi) is 6.94. The molecule has 0 N–H and O–H groups in total. The third-order valence-electron chi connectivity index (χ3n) is 2.67. The van der Waals surface area contributed by atoms with Crippen LogP contribution in [-0.4, -0.2) is 32.4 Å². The predicted octanol–water partition coefficient (Wildman–Crippen LogP) is 2.06. The first-order valence-corrected chi connectivity index (χ1v) is 6.26. The van der Waals surface area contributed by atoms with Crippen molar-refractivity contribution < 1.29 is 23.9 Å². The lowest BCUT2D eigenvalue weighted by Gasteiger charge is -2.24. The number of hydrogen-bond donors (Lipinski definition) is 0. The number of hydrogen-bond acceptors (Lipinski definition) is 5. The van der Waals surface area contributed by atoms with E-state index in [-0.39, 0.29) is 18.3 Å². The maximum Gasteiger partial charge on any atom is 0.324 e. The Morgan fingerprint density at radius 3 is 1.90 bits per heavy atom. The second kappa shape index (κ2) is 7.65. The fourth-order valence-electron chi connectivity index (χ4n) is 1.58. The number of allylic oxidation sites excluding steroid dienone is 1. The fraction of sp³-hybridized carbons (Fsp3) is 0.600. The molecule has 0 amide bonds. The largest absolute Gasteiger partial charge is 0.468 e. The number of esters is 2. The van der Waals surface area contributed by atoms with Crippen LogP contribution in [0.3, 0.4) is 0 Å². The minimum atomic E-state index is -1.63. The van der Waals surface area contributed by atoms with E-state index in [0.29, 0.717) is 6.29 Å². The number of methoxy groups -OCH3 is 2. The van der Waals surface area contributed by atoms with Crippen LogP contribution in [0, 0.1) is 10.8 Å². The average Bonchev–Trinajstić information content (AvgIpc) is 2.39. The van der Waals surface area contributed by atoms with Gasteiger partial charge < -0.3 is 14.3 Å². The molecule has 0 aromatic rings. The highest BCUT2D eigenvalue weighted by atomic mass is 16.5. The van der Waals surface area contributed by atoms with Crippen LogP contribution < -0.4 is 0 Å². The van der Waals surface area contributed by atoms with Gasteiger partial charge in [0, 0.05) is 12.8 Å². The third-order valence-corrected chi connectivity index (χ3v) is 2.67. The summed E-state index contributed by atoms with van der Waals surface area (Å²) in [6.45, 7) is 5.98. The molecule has 0 rings (SSSR count). The summed E-state index contributed by atoms with van der Waals surface area (Å²) in [6.07, 6.45) is 3.57. The van der Waals surface area contributed by atoms with Gasteiger partial charge in [-0.25, -0.2) is 0 Å². The number of carbonyl (C=O) groups is 3. The van der Waals surface area contributed by atoms with Crippen LogP contribution in [-0.2, 0) is 23.9 Å². The molecule has 0 aliphatic rings. The van der Waals surface area contributed by atoms with Crippen LogP contribution in [0.5, 0.6) is 0 Å². The van der Waals surface area contributed by atoms with Crippen molar-refractivity contribution in [3.63, 3.8) is 0 Å². The molecule has 20 heavy (non-hydrogen) atoms. The molecule has 5 heteroatoms. The van der Waals surface area contributed by atoms with E-state index >= 15 is 0 Å². The smallest absolute Gasteiger partial charge is 0.324 e. The van der Waals surface area contributed by atoms with Crippen LogP contribution in [0.25, 0.3) is 0 Å². The molecular weight excluding hydrogens is 260 g/mol. The van der Waals surface area contributed by atoms with Crippen molar-refractivity contribution in [2.75, 3.05) is 14.2 Å². The molecule has 0 aliphatic carbocycles. The summed E-state index contributed by atoms with van der Waals surface area (Å²) in [5, 5.41) is 0. The first-order chi connectivity index (χ1) is 9.23. The van der Waals surface area contributed by atoms with Crippen molar-refractivity contribution in [1.29, 1.82) is 0 Å². The Morgan fingerprint density at radius 2 is 1.55 bits per heavy atom. The minimum Gasteiger partial charge on any atom is -0.468 e. The van der Waals surface area contributed by atoms with Gasteiger partial charge in [0.1, 0.15) is 6.29 Å².